The molecule has 1 rings (SSSR count). The molecule has 0 N–H and O–H groups in total. The Labute approximate surface area is 106 Å². The molecule has 0 aliphatic rings. The number of esters is 1. The molecular formula is C10H10INO4. The number of nitrogens with zero attached hydrogens (tertiary/aromatic N) is 1. The average Bonchev–Trinajstić information content (AvgIpc) is 2.16. The standard InChI is InChI=1S/C10H10INO4/c1-2-16-10(13)5-7-3-8(11)6-9(4-7)12(14)15/h3-4,6H,2,5H2,1H3. The predicted octanol–water partition coefficient (Wildman–Crippen LogP) is 2.31. The first-order chi connectivity index (χ1) is 7.52. The van der Waals surface area contributed by atoms with E-state index in [4.69, 9.17) is 4.74 Å². The predicted molar refractivity (Wildman–Crippen MR) is 66.2 cm³/mol. The summed E-state index contributed by atoms with van der Waals surface area (Å²) in [4.78, 5) is 21.3. The van der Waals surface area contributed by atoms with Crippen LogP contribution in [0.5, 0.6) is 0 Å². The van der Waals surface area contributed by atoms with E-state index >= 15 is 0 Å². The second-order valence-electron chi connectivity index (χ2n) is 3.06. The zero-order valence-electron chi connectivity index (χ0n) is 8.60. The summed E-state index contributed by atoms with van der Waals surface area (Å²) in [6, 6.07) is 4.57. The van der Waals surface area contributed by atoms with Gasteiger partial charge in [-0.2, -0.15) is 0 Å². The van der Waals surface area contributed by atoms with Crippen molar-refractivity contribution in [1.29, 1.82) is 0 Å². The van der Waals surface area contributed by atoms with Crippen molar-refractivity contribution in [1.82, 2.24) is 0 Å². The highest BCUT2D eigenvalue weighted by Gasteiger charge is 2.11. The number of carbonyl (C=O) groups is 1. The van der Waals surface area contributed by atoms with Gasteiger partial charge in [-0.25, -0.2) is 0 Å². The second kappa shape index (κ2) is 5.78. The molecule has 6 heteroatoms. The number of hydrogen-bond acceptors (Lipinski definition) is 4. The first-order valence-electron chi connectivity index (χ1n) is 4.62. The fourth-order valence-corrected chi connectivity index (χ4v) is 1.94. The van der Waals surface area contributed by atoms with Gasteiger partial charge in [0.15, 0.2) is 0 Å². The van der Waals surface area contributed by atoms with Crippen LogP contribution in [-0.4, -0.2) is 17.5 Å². The molecule has 0 aliphatic carbocycles. The summed E-state index contributed by atoms with van der Waals surface area (Å²) in [7, 11) is 0. The van der Waals surface area contributed by atoms with E-state index in [-0.39, 0.29) is 18.1 Å². The van der Waals surface area contributed by atoms with Crippen molar-refractivity contribution in [3.05, 3.63) is 37.4 Å². The number of ether oxygens (including phenoxy) is 1. The number of nitro benzene ring substituents is 1. The van der Waals surface area contributed by atoms with E-state index in [0.717, 1.165) is 3.57 Å². The van der Waals surface area contributed by atoms with Gasteiger partial charge in [-0.3, -0.25) is 14.9 Å². The normalized spacial score (nSPS) is 9.88. The Bertz CT molecular complexity index is 419. The second-order valence-corrected chi connectivity index (χ2v) is 4.30. The van der Waals surface area contributed by atoms with E-state index in [1.165, 1.54) is 12.1 Å². The van der Waals surface area contributed by atoms with Crippen LogP contribution in [0, 0.1) is 13.7 Å². The van der Waals surface area contributed by atoms with E-state index in [2.05, 4.69) is 0 Å². The van der Waals surface area contributed by atoms with E-state index in [0.29, 0.717) is 12.2 Å². The molecule has 0 atom stereocenters. The first-order valence-corrected chi connectivity index (χ1v) is 5.70. The third kappa shape index (κ3) is 3.76. The summed E-state index contributed by atoms with van der Waals surface area (Å²) in [5.41, 5.74) is 0.586. The van der Waals surface area contributed by atoms with Gasteiger partial charge in [-0.1, -0.05) is 0 Å². The molecule has 1 aromatic rings. The maximum atomic E-state index is 11.2. The summed E-state index contributed by atoms with van der Waals surface area (Å²) >= 11 is 1.98. The summed E-state index contributed by atoms with van der Waals surface area (Å²) in [5.74, 6) is -0.376. The van der Waals surface area contributed by atoms with Crippen LogP contribution < -0.4 is 0 Å². The van der Waals surface area contributed by atoms with Crippen LogP contribution in [0.3, 0.4) is 0 Å². The van der Waals surface area contributed by atoms with Crippen LogP contribution in [0.25, 0.3) is 0 Å². The van der Waals surface area contributed by atoms with Gasteiger partial charge in [-0.15, -0.1) is 0 Å². The minimum absolute atomic E-state index is 0.00815. The molecule has 0 radical (unpaired) electrons. The van der Waals surface area contributed by atoms with Gasteiger partial charge >= 0.3 is 5.97 Å². The molecule has 0 aromatic heterocycles. The molecule has 5 nitrogen and oxygen atoms in total. The van der Waals surface area contributed by atoms with Gasteiger partial charge < -0.3 is 4.74 Å². The lowest BCUT2D eigenvalue weighted by Gasteiger charge is -2.02. The number of benzene rings is 1. The largest absolute Gasteiger partial charge is 0.466 e. The van der Waals surface area contributed by atoms with E-state index in [1.54, 1.807) is 13.0 Å². The van der Waals surface area contributed by atoms with Crippen molar-refractivity contribution in [3.63, 3.8) is 0 Å². The molecule has 0 bridgehead atoms. The molecule has 0 amide bonds. The van der Waals surface area contributed by atoms with Gasteiger partial charge in [0.2, 0.25) is 0 Å². The quantitative estimate of drug-likeness (QED) is 0.366. The number of halogens is 1. The highest BCUT2D eigenvalue weighted by atomic mass is 127. The van der Waals surface area contributed by atoms with Crippen molar-refractivity contribution in [3.8, 4) is 0 Å². The summed E-state index contributed by atoms with van der Waals surface area (Å²) in [6.07, 6.45) is 0.0610. The van der Waals surface area contributed by atoms with Crippen LogP contribution >= 0.6 is 22.6 Å². The van der Waals surface area contributed by atoms with Crippen molar-refractivity contribution in [2.75, 3.05) is 6.61 Å². The molecule has 1 aromatic carbocycles. The van der Waals surface area contributed by atoms with Gasteiger partial charge in [0.05, 0.1) is 18.0 Å². The lowest BCUT2D eigenvalue weighted by atomic mass is 10.1. The Hall–Kier alpha value is -1.18. The molecule has 0 saturated heterocycles. The van der Waals surface area contributed by atoms with E-state index < -0.39 is 4.92 Å². The molecule has 0 unspecified atom stereocenters. The molecule has 0 aliphatic heterocycles. The Morgan fingerprint density at radius 3 is 2.75 bits per heavy atom. The van der Waals surface area contributed by atoms with Crippen LogP contribution in [-0.2, 0) is 16.0 Å². The molecule has 16 heavy (non-hydrogen) atoms. The molecule has 0 saturated carbocycles. The smallest absolute Gasteiger partial charge is 0.310 e. The number of rotatable bonds is 4. The van der Waals surface area contributed by atoms with Gasteiger partial charge in [0, 0.05) is 15.7 Å². The highest BCUT2D eigenvalue weighted by molar-refractivity contribution is 14.1. The van der Waals surface area contributed by atoms with E-state index in [9.17, 15) is 14.9 Å². The molecular weight excluding hydrogens is 325 g/mol. The fraction of sp³-hybridized carbons (Fsp3) is 0.300. The summed E-state index contributed by atoms with van der Waals surface area (Å²) in [6.45, 7) is 2.03. The van der Waals surface area contributed by atoms with Crippen molar-refractivity contribution >= 4 is 34.2 Å². The zero-order chi connectivity index (χ0) is 12.1. The number of hydrogen-bond donors (Lipinski definition) is 0. The first kappa shape index (κ1) is 12.9. The van der Waals surface area contributed by atoms with Crippen LogP contribution in [0.4, 0.5) is 5.69 Å². The number of nitro groups is 1. The molecule has 0 heterocycles. The van der Waals surface area contributed by atoms with Gasteiger partial charge in [-0.05, 0) is 41.1 Å². The molecule has 0 fully saturated rings. The third-order valence-corrected chi connectivity index (χ3v) is 2.43. The summed E-state index contributed by atoms with van der Waals surface area (Å²) in [5, 5.41) is 10.6. The van der Waals surface area contributed by atoms with Crippen molar-refractivity contribution in [2.24, 2.45) is 0 Å². The maximum Gasteiger partial charge on any atom is 0.310 e. The Morgan fingerprint density at radius 1 is 1.50 bits per heavy atom. The Morgan fingerprint density at radius 2 is 2.19 bits per heavy atom. The number of non-ortho nitro benzene ring substituents is 1. The maximum absolute atomic E-state index is 11.2. The third-order valence-electron chi connectivity index (χ3n) is 1.81. The van der Waals surface area contributed by atoms with Crippen LogP contribution in [0.1, 0.15) is 12.5 Å². The SMILES string of the molecule is CCOC(=O)Cc1cc(I)cc([N+](=O)[O-])c1. The Kier molecular flexibility index (Phi) is 4.66. The topological polar surface area (TPSA) is 69.4 Å². The number of carbonyl (C=O) groups excluding carboxylic acids is 1. The minimum atomic E-state index is -0.475. The molecule has 0 spiro atoms. The van der Waals surface area contributed by atoms with Gasteiger partial charge in [0.25, 0.3) is 5.69 Å². The minimum Gasteiger partial charge on any atom is -0.466 e. The zero-order valence-corrected chi connectivity index (χ0v) is 10.8. The van der Waals surface area contributed by atoms with Crippen LogP contribution in [0.2, 0.25) is 0 Å². The highest BCUT2D eigenvalue weighted by Crippen LogP contribution is 2.19. The fourth-order valence-electron chi connectivity index (χ4n) is 1.22. The van der Waals surface area contributed by atoms with Crippen molar-refractivity contribution in [2.45, 2.75) is 13.3 Å². The Balaban J connectivity index is 2.88. The molecule has 86 valence electrons. The monoisotopic (exact) mass is 335 g/mol. The lowest BCUT2D eigenvalue weighted by molar-refractivity contribution is -0.385. The lowest BCUT2D eigenvalue weighted by Crippen LogP contribution is -2.07. The van der Waals surface area contributed by atoms with Gasteiger partial charge in [0.1, 0.15) is 0 Å². The van der Waals surface area contributed by atoms with Crippen molar-refractivity contribution < 1.29 is 14.5 Å². The summed E-state index contributed by atoms with van der Waals surface area (Å²) < 4.78 is 5.50. The average molecular weight is 335 g/mol. The van der Waals surface area contributed by atoms with E-state index in [1.807, 2.05) is 22.6 Å². The van der Waals surface area contributed by atoms with Crippen LogP contribution in [0.15, 0.2) is 18.2 Å².